The zero-order chi connectivity index (χ0) is 15.4. The maximum Gasteiger partial charge on any atom is 0.222 e. The van der Waals surface area contributed by atoms with E-state index >= 15 is 0 Å². The molecular weight excluding hydrogens is 338 g/mol. The molecule has 1 aromatic heterocycles. The lowest BCUT2D eigenvalue weighted by atomic mass is 10.1. The third kappa shape index (κ3) is 3.21. The Hall–Kier alpha value is -2.37. The largest absolute Gasteiger partial charge is 0.466 e. The zero-order valence-electron chi connectivity index (χ0n) is 11.1. The highest BCUT2D eigenvalue weighted by Crippen LogP contribution is 2.32. The third-order valence-corrected chi connectivity index (χ3v) is 3.22. The highest BCUT2D eigenvalue weighted by molar-refractivity contribution is 9.10. The summed E-state index contributed by atoms with van der Waals surface area (Å²) in [6, 6.07) is 7.22. The van der Waals surface area contributed by atoms with Crippen LogP contribution in [0.2, 0.25) is 0 Å². The molecule has 4 N–H and O–H groups in total. The first-order valence-electron chi connectivity index (χ1n) is 5.81. The summed E-state index contributed by atoms with van der Waals surface area (Å²) < 4.78 is 10.9. The lowest BCUT2D eigenvalue weighted by molar-refractivity contribution is 0.0506. The molecule has 1 aromatic carbocycles. The van der Waals surface area contributed by atoms with Crippen LogP contribution in [0.1, 0.15) is 5.56 Å². The van der Waals surface area contributed by atoms with Gasteiger partial charge in [0.2, 0.25) is 5.95 Å². The van der Waals surface area contributed by atoms with Crippen LogP contribution in [-0.4, -0.2) is 23.9 Å². The van der Waals surface area contributed by atoms with Gasteiger partial charge in [-0.25, -0.2) is 4.98 Å². The summed E-state index contributed by atoms with van der Waals surface area (Å²) in [4.78, 5) is 7.87. The predicted molar refractivity (Wildman–Crippen MR) is 81.2 cm³/mol. The Kier molecular flexibility index (Phi) is 4.57. The number of nitriles is 1. The minimum Gasteiger partial charge on any atom is -0.466 e. The summed E-state index contributed by atoms with van der Waals surface area (Å²) in [5.41, 5.74) is 12.5. The first-order valence-corrected chi connectivity index (χ1v) is 6.61. The summed E-state index contributed by atoms with van der Waals surface area (Å²) >= 11 is 3.39. The molecule has 0 saturated heterocycles. The van der Waals surface area contributed by atoms with Gasteiger partial charge in [0.15, 0.2) is 6.79 Å². The molecular formula is C13H12BrN5O2. The number of hydrogen-bond donors (Lipinski definition) is 2. The molecule has 0 unspecified atom stereocenters. The maximum absolute atomic E-state index is 9.19. The van der Waals surface area contributed by atoms with Crippen LogP contribution in [0.3, 0.4) is 0 Å². The molecule has 8 heteroatoms. The molecule has 0 amide bonds. The molecule has 0 bridgehead atoms. The van der Waals surface area contributed by atoms with E-state index in [0.29, 0.717) is 21.5 Å². The minimum atomic E-state index is 0.0114. The molecule has 2 aromatic rings. The number of nitrogens with zero attached hydrogens (tertiary/aromatic N) is 3. The second-order valence-electron chi connectivity index (χ2n) is 4.00. The lowest BCUT2D eigenvalue weighted by Gasteiger charge is -2.10. The fourth-order valence-corrected chi connectivity index (χ4v) is 2.20. The summed E-state index contributed by atoms with van der Waals surface area (Å²) in [7, 11) is 1.54. The quantitative estimate of drug-likeness (QED) is 0.808. The Morgan fingerprint density at radius 2 is 2.10 bits per heavy atom. The maximum atomic E-state index is 9.19. The number of anilines is 2. The average Bonchev–Trinajstić information content (AvgIpc) is 2.45. The molecule has 0 saturated carbocycles. The molecule has 7 nitrogen and oxygen atoms in total. The standard InChI is InChI=1S/C13H12BrN5O2/c1-20-6-21-10-3-2-7(4-9(10)14)11-8(5-15)12(16)19-13(17)18-11/h2-4H,6H2,1H3,(H4,16,17,18,19). The van der Waals surface area contributed by atoms with Gasteiger partial charge in [0.1, 0.15) is 23.2 Å². The van der Waals surface area contributed by atoms with E-state index in [1.165, 1.54) is 7.11 Å². The number of halogens is 1. The van der Waals surface area contributed by atoms with E-state index in [1.807, 2.05) is 6.07 Å². The second kappa shape index (κ2) is 6.39. The SMILES string of the molecule is COCOc1ccc(-c2nc(N)nc(N)c2C#N)cc1Br. The fraction of sp³-hybridized carbons (Fsp3) is 0.154. The van der Waals surface area contributed by atoms with Gasteiger partial charge in [-0.2, -0.15) is 10.2 Å². The summed E-state index contributed by atoms with van der Waals surface area (Å²) in [6.07, 6.45) is 0. The first kappa shape index (κ1) is 15.0. The Labute approximate surface area is 129 Å². The van der Waals surface area contributed by atoms with Crippen molar-refractivity contribution in [2.75, 3.05) is 25.4 Å². The topological polar surface area (TPSA) is 120 Å². The van der Waals surface area contributed by atoms with Gasteiger partial charge in [0.25, 0.3) is 0 Å². The van der Waals surface area contributed by atoms with Gasteiger partial charge < -0.3 is 20.9 Å². The van der Waals surface area contributed by atoms with E-state index in [0.717, 1.165) is 0 Å². The Balaban J connectivity index is 2.48. The summed E-state index contributed by atoms with van der Waals surface area (Å²) in [5.74, 6) is 0.669. The van der Waals surface area contributed by atoms with Gasteiger partial charge in [0, 0.05) is 12.7 Å². The third-order valence-electron chi connectivity index (χ3n) is 2.60. The van der Waals surface area contributed by atoms with E-state index in [9.17, 15) is 5.26 Å². The van der Waals surface area contributed by atoms with E-state index in [1.54, 1.807) is 18.2 Å². The van der Waals surface area contributed by atoms with Gasteiger partial charge in [0.05, 0.1) is 10.2 Å². The number of nitrogens with two attached hydrogens (primary N) is 2. The van der Waals surface area contributed by atoms with Crippen molar-refractivity contribution in [1.29, 1.82) is 5.26 Å². The van der Waals surface area contributed by atoms with E-state index in [-0.39, 0.29) is 24.1 Å². The number of benzene rings is 1. The molecule has 0 radical (unpaired) electrons. The van der Waals surface area contributed by atoms with Crippen LogP contribution in [0.5, 0.6) is 5.75 Å². The molecule has 0 aliphatic heterocycles. The van der Waals surface area contributed by atoms with Gasteiger partial charge in [-0.05, 0) is 34.1 Å². The summed E-state index contributed by atoms with van der Waals surface area (Å²) in [5, 5.41) is 9.19. The highest BCUT2D eigenvalue weighted by Gasteiger charge is 2.14. The van der Waals surface area contributed by atoms with Crippen molar-refractivity contribution in [2.24, 2.45) is 0 Å². The van der Waals surface area contributed by atoms with Crippen molar-refractivity contribution >= 4 is 27.7 Å². The van der Waals surface area contributed by atoms with Crippen LogP contribution in [0.15, 0.2) is 22.7 Å². The van der Waals surface area contributed by atoms with Crippen molar-refractivity contribution in [1.82, 2.24) is 9.97 Å². The Bertz CT molecular complexity index is 714. The molecule has 0 spiro atoms. The number of nitrogen functional groups attached to an aromatic ring is 2. The minimum absolute atomic E-state index is 0.0114. The van der Waals surface area contributed by atoms with Crippen molar-refractivity contribution < 1.29 is 9.47 Å². The number of hydrogen-bond acceptors (Lipinski definition) is 7. The zero-order valence-corrected chi connectivity index (χ0v) is 12.7. The first-order chi connectivity index (χ1) is 10.1. The highest BCUT2D eigenvalue weighted by atomic mass is 79.9. The van der Waals surface area contributed by atoms with Gasteiger partial charge in [-0.15, -0.1) is 0 Å². The van der Waals surface area contributed by atoms with Gasteiger partial charge >= 0.3 is 0 Å². The van der Waals surface area contributed by atoms with Crippen LogP contribution >= 0.6 is 15.9 Å². The van der Waals surface area contributed by atoms with Crippen molar-refractivity contribution in [3.05, 3.63) is 28.2 Å². The monoisotopic (exact) mass is 349 g/mol. The van der Waals surface area contributed by atoms with E-state index in [4.69, 9.17) is 20.9 Å². The number of aromatic nitrogens is 2. The van der Waals surface area contributed by atoms with Gasteiger partial charge in [-0.1, -0.05) is 0 Å². The van der Waals surface area contributed by atoms with E-state index in [2.05, 4.69) is 25.9 Å². The summed E-state index contributed by atoms with van der Waals surface area (Å²) in [6.45, 7) is 0.134. The van der Waals surface area contributed by atoms with Gasteiger partial charge in [-0.3, -0.25) is 0 Å². The molecule has 1 heterocycles. The van der Waals surface area contributed by atoms with Crippen LogP contribution in [0.25, 0.3) is 11.3 Å². The van der Waals surface area contributed by atoms with Crippen LogP contribution in [0, 0.1) is 11.3 Å². The number of ether oxygens (including phenoxy) is 2. The van der Waals surface area contributed by atoms with Crippen molar-refractivity contribution in [3.8, 4) is 23.1 Å². The van der Waals surface area contributed by atoms with Crippen molar-refractivity contribution in [2.45, 2.75) is 0 Å². The molecule has 108 valence electrons. The van der Waals surface area contributed by atoms with E-state index < -0.39 is 0 Å². The smallest absolute Gasteiger partial charge is 0.222 e. The fourth-order valence-electron chi connectivity index (χ4n) is 1.70. The van der Waals surface area contributed by atoms with Crippen molar-refractivity contribution in [3.63, 3.8) is 0 Å². The molecule has 0 aliphatic rings. The molecule has 0 fully saturated rings. The second-order valence-corrected chi connectivity index (χ2v) is 4.85. The average molecular weight is 350 g/mol. The number of rotatable bonds is 4. The lowest BCUT2D eigenvalue weighted by Crippen LogP contribution is -2.05. The van der Waals surface area contributed by atoms with Crippen LogP contribution < -0.4 is 16.2 Å². The Morgan fingerprint density at radius 1 is 1.33 bits per heavy atom. The molecule has 21 heavy (non-hydrogen) atoms. The predicted octanol–water partition coefficient (Wildman–Crippen LogP) is 1.92. The Morgan fingerprint density at radius 3 is 2.71 bits per heavy atom. The van der Waals surface area contributed by atoms with Crippen LogP contribution in [-0.2, 0) is 4.74 Å². The van der Waals surface area contributed by atoms with Crippen LogP contribution in [0.4, 0.5) is 11.8 Å². The number of methoxy groups -OCH3 is 1. The normalized spacial score (nSPS) is 10.1. The molecule has 2 rings (SSSR count). The molecule has 0 aliphatic carbocycles. The molecule has 0 atom stereocenters.